The van der Waals surface area contributed by atoms with Crippen molar-refractivity contribution in [3.05, 3.63) is 17.7 Å². The van der Waals surface area contributed by atoms with Crippen LogP contribution in [-0.4, -0.2) is 11.9 Å². The number of nitrogens with one attached hydrogen (secondary N) is 2. The molecule has 0 aromatic heterocycles. The van der Waals surface area contributed by atoms with Gasteiger partial charge in [-0.15, -0.1) is 0 Å². The molecular weight excluding hydrogens is 262 g/mol. The third-order valence-corrected chi connectivity index (χ3v) is 4.79. The van der Waals surface area contributed by atoms with Gasteiger partial charge in [-0.3, -0.25) is 4.79 Å². The van der Waals surface area contributed by atoms with Crippen molar-refractivity contribution in [1.82, 2.24) is 0 Å². The zero-order valence-electron chi connectivity index (χ0n) is 12.7. The number of hydrogen-bond acceptors (Lipinski definition) is 3. The van der Waals surface area contributed by atoms with Crippen molar-refractivity contribution < 1.29 is 4.79 Å². The Kier molecular flexibility index (Phi) is 4.04. The fraction of sp³-hybridized carbons (Fsp3) is 0.588. The molecule has 1 amide bonds. The van der Waals surface area contributed by atoms with E-state index < -0.39 is 0 Å². The van der Waals surface area contributed by atoms with E-state index >= 15 is 0 Å². The van der Waals surface area contributed by atoms with Crippen molar-refractivity contribution in [1.29, 1.82) is 0 Å². The van der Waals surface area contributed by atoms with Crippen LogP contribution < -0.4 is 16.4 Å². The minimum Gasteiger partial charge on any atom is -0.397 e. The SMILES string of the molecule is CC1CCCC(Nc2cc3c(cc2N)CCC(=O)N3)CC1. The number of nitrogen functional groups attached to an aromatic ring is 1. The number of benzene rings is 1. The number of nitrogens with two attached hydrogens (primary N) is 1. The third kappa shape index (κ3) is 3.31. The topological polar surface area (TPSA) is 67.1 Å². The second-order valence-electron chi connectivity index (χ2n) is 6.60. The minimum atomic E-state index is 0.0986. The highest BCUT2D eigenvalue weighted by molar-refractivity contribution is 5.95. The van der Waals surface area contributed by atoms with Gasteiger partial charge in [-0.25, -0.2) is 0 Å². The molecular formula is C17H25N3O. The van der Waals surface area contributed by atoms with Crippen molar-refractivity contribution >= 4 is 23.0 Å². The summed E-state index contributed by atoms with van der Waals surface area (Å²) < 4.78 is 0. The molecule has 1 aromatic carbocycles. The summed E-state index contributed by atoms with van der Waals surface area (Å²) in [6.45, 7) is 2.34. The van der Waals surface area contributed by atoms with Gasteiger partial charge in [0.25, 0.3) is 0 Å². The summed E-state index contributed by atoms with van der Waals surface area (Å²) >= 11 is 0. The fourth-order valence-electron chi connectivity index (χ4n) is 3.42. The van der Waals surface area contributed by atoms with E-state index in [2.05, 4.69) is 17.6 Å². The van der Waals surface area contributed by atoms with Gasteiger partial charge in [0.2, 0.25) is 5.91 Å². The number of hydrogen-bond donors (Lipinski definition) is 3. The van der Waals surface area contributed by atoms with E-state index in [0.717, 1.165) is 35.0 Å². The van der Waals surface area contributed by atoms with Crippen LogP contribution in [0.4, 0.5) is 17.1 Å². The van der Waals surface area contributed by atoms with Gasteiger partial charge in [0.05, 0.1) is 11.4 Å². The zero-order valence-corrected chi connectivity index (χ0v) is 12.7. The number of rotatable bonds is 2. The molecule has 2 atom stereocenters. The summed E-state index contributed by atoms with van der Waals surface area (Å²) in [7, 11) is 0. The summed E-state index contributed by atoms with van der Waals surface area (Å²) in [5.41, 5.74) is 10.0. The van der Waals surface area contributed by atoms with Gasteiger partial charge in [-0.2, -0.15) is 0 Å². The van der Waals surface area contributed by atoms with Crippen LogP contribution in [0.1, 0.15) is 51.0 Å². The first-order chi connectivity index (χ1) is 10.1. The van der Waals surface area contributed by atoms with E-state index in [0.29, 0.717) is 12.5 Å². The number of fused-ring (bicyclic) bond motifs is 1. The average molecular weight is 287 g/mol. The molecule has 1 heterocycles. The molecule has 4 nitrogen and oxygen atoms in total. The van der Waals surface area contributed by atoms with Crippen LogP contribution in [0.15, 0.2) is 12.1 Å². The quantitative estimate of drug-likeness (QED) is 0.576. The number of anilines is 3. The van der Waals surface area contributed by atoms with Crippen LogP contribution >= 0.6 is 0 Å². The van der Waals surface area contributed by atoms with Gasteiger partial charge in [-0.1, -0.05) is 19.8 Å². The second kappa shape index (κ2) is 5.96. The maximum atomic E-state index is 11.5. The summed E-state index contributed by atoms with van der Waals surface area (Å²) in [4.78, 5) is 11.5. The van der Waals surface area contributed by atoms with Gasteiger partial charge < -0.3 is 16.4 Å². The normalized spacial score (nSPS) is 25.7. The molecule has 1 saturated carbocycles. The van der Waals surface area contributed by atoms with Crippen molar-refractivity contribution in [3.63, 3.8) is 0 Å². The highest BCUT2D eigenvalue weighted by Crippen LogP contribution is 2.33. The average Bonchev–Trinajstić information content (AvgIpc) is 2.65. The first-order valence-electron chi connectivity index (χ1n) is 8.10. The van der Waals surface area contributed by atoms with Gasteiger partial charge >= 0.3 is 0 Å². The van der Waals surface area contributed by atoms with Crippen LogP contribution in [0.25, 0.3) is 0 Å². The van der Waals surface area contributed by atoms with Crippen LogP contribution in [0.2, 0.25) is 0 Å². The molecule has 4 heteroatoms. The lowest BCUT2D eigenvalue weighted by Crippen LogP contribution is -2.22. The molecule has 2 unspecified atom stereocenters. The van der Waals surface area contributed by atoms with Gasteiger partial charge in [0, 0.05) is 18.2 Å². The molecule has 0 radical (unpaired) electrons. The minimum absolute atomic E-state index is 0.0986. The Morgan fingerprint density at radius 1 is 1.19 bits per heavy atom. The number of amides is 1. The lowest BCUT2D eigenvalue weighted by Gasteiger charge is -2.23. The standard InChI is InChI=1S/C17H25N3O/c1-11-3-2-4-13(7-5-11)19-16-10-15-12(9-14(16)18)6-8-17(21)20-15/h9-11,13,19H,2-8,18H2,1H3,(H,20,21). The van der Waals surface area contributed by atoms with Crippen molar-refractivity contribution in [2.45, 2.75) is 57.9 Å². The molecule has 0 spiro atoms. The predicted molar refractivity (Wildman–Crippen MR) is 87.5 cm³/mol. The van der Waals surface area contributed by atoms with Crippen molar-refractivity contribution in [2.24, 2.45) is 5.92 Å². The summed E-state index contributed by atoms with van der Waals surface area (Å²) in [6.07, 6.45) is 7.62. The third-order valence-electron chi connectivity index (χ3n) is 4.79. The zero-order chi connectivity index (χ0) is 14.8. The van der Waals surface area contributed by atoms with E-state index in [1.165, 1.54) is 32.1 Å². The lowest BCUT2D eigenvalue weighted by molar-refractivity contribution is -0.116. The molecule has 21 heavy (non-hydrogen) atoms. The van der Waals surface area contributed by atoms with Crippen molar-refractivity contribution in [2.75, 3.05) is 16.4 Å². The maximum Gasteiger partial charge on any atom is 0.224 e. The lowest BCUT2D eigenvalue weighted by atomic mass is 10.0. The number of aryl methyl sites for hydroxylation is 1. The van der Waals surface area contributed by atoms with Crippen LogP contribution in [0.5, 0.6) is 0 Å². The monoisotopic (exact) mass is 287 g/mol. The first-order valence-corrected chi connectivity index (χ1v) is 8.10. The van der Waals surface area contributed by atoms with Crippen LogP contribution in [-0.2, 0) is 11.2 Å². The van der Waals surface area contributed by atoms with E-state index in [1.807, 2.05) is 12.1 Å². The Hall–Kier alpha value is -1.71. The molecule has 3 rings (SSSR count). The smallest absolute Gasteiger partial charge is 0.224 e. The summed E-state index contributed by atoms with van der Waals surface area (Å²) in [5, 5.41) is 6.55. The molecule has 1 aromatic rings. The molecule has 114 valence electrons. The Labute approximate surface area is 126 Å². The van der Waals surface area contributed by atoms with Crippen molar-refractivity contribution in [3.8, 4) is 0 Å². The fourth-order valence-corrected chi connectivity index (χ4v) is 3.42. The Morgan fingerprint density at radius 2 is 2.05 bits per heavy atom. The maximum absolute atomic E-state index is 11.5. The summed E-state index contributed by atoms with van der Waals surface area (Å²) in [5.74, 6) is 0.929. The van der Waals surface area contributed by atoms with E-state index in [4.69, 9.17) is 5.73 Å². The van der Waals surface area contributed by atoms with Gasteiger partial charge in [0.1, 0.15) is 0 Å². The van der Waals surface area contributed by atoms with Crippen LogP contribution in [0, 0.1) is 5.92 Å². The molecule has 2 aliphatic rings. The molecule has 1 aliphatic carbocycles. The van der Waals surface area contributed by atoms with E-state index in [1.54, 1.807) is 0 Å². The Morgan fingerprint density at radius 3 is 2.90 bits per heavy atom. The highest BCUT2D eigenvalue weighted by Gasteiger charge is 2.20. The predicted octanol–water partition coefficient (Wildman–Crippen LogP) is 3.53. The molecule has 1 fully saturated rings. The molecule has 1 aliphatic heterocycles. The highest BCUT2D eigenvalue weighted by atomic mass is 16.1. The molecule has 4 N–H and O–H groups in total. The Balaban J connectivity index is 1.76. The Bertz CT molecular complexity index is 541. The van der Waals surface area contributed by atoms with Gasteiger partial charge in [-0.05, 0) is 49.3 Å². The number of carbonyl (C=O) groups is 1. The second-order valence-corrected chi connectivity index (χ2v) is 6.60. The molecule has 0 saturated heterocycles. The summed E-state index contributed by atoms with van der Waals surface area (Å²) in [6, 6.07) is 4.52. The van der Waals surface area contributed by atoms with Gasteiger partial charge in [0.15, 0.2) is 0 Å². The van der Waals surface area contributed by atoms with Crippen LogP contribution in [0.3, 0.4) is 0 Å². The first kappa shape index (κ1) is 14.2. The molecule has 0 bridgehead atoms. The number of carbonyl (C=O) groups excluding carboxylic acids is 1. The largest absolute Gasteiger partial charge is 0.397 e. The van der Waals surface area contributed by atoms with E-state index in [9.17, 15) is 4.79 Å². The van der Waals surface area contributed by atoms with E-state index in [-0.39, 0.29) is 5.91 Å².